The molecule has 2 aromatic heterocycles. The molecule has 0 bridgehead atoms. The number of rotatable bonds is 4. The number of aromatic nitrogens is 2. The zero-order chi connectivity index (χ0) is 18.3. The lowest BCUT2D eigenvalue weighted by atomic mass is 10.0. The fourth-order valence-electron chi connectivity index (χ4n) is 3.45. The second-order valence-electron chi connectivity index (χ2n) is 6.36. The van der Waals surface area contributed by atoms with Crippen LogP contribution in [0.3, 0.4) is 0 Å². The van der Waals surface area contributed by atoms with Gasteiger partial charge in [-0.2, -0.15) is 0 Å². The van der Waals surface area contributed by atoms with Crippen LogP contribution in [0, 0.1) is 6.92 Å². The molecule has 0 amide bonds. The standard InChI is InChI=1S/C21H21N3O2/c1-4-24(5-2)15-10-9-14-11-17(21(25)26-19(14)12-15)16-7-6-8-18-20(16)23-13(3)22-18/h6-12H,4-5H2,1-3H3,(H,22,23). The minimum atomic E-state index is -0.339. The Balaban J connectivity index is 1.90. The van der Waals surface area contributed by atoms with Crippen molar-refractivity contribution in [3.8, 4) is 11.1 Å². The predicted molar refractivity (Wildman–Crippen MR) is 106 cm³/mol. The highest BCUT2D eigenvalue weighted by molar-refractivity contribution is 5.94. The van der Waals surface area contributed by atoms with Crippen LogP contribution < -0.4 is 10.5 Å². The van der Waals surface area contributed by atoms with E-state index in [0.29, 0.717) is 11.1 Å². The number of para-hydroxylation sites is 1. The molecule has 0 saturated heterocycles. The van der Waals surface area contributed by atoms with Crippen molar-refractivity contribution < 1.29 is 4.42 Å². The van der Waals surface area contributed by atoms with Crippen LogP contribution in [0.1, 0.15) is 19.7 Å². The monoisotopic (exact) mass is 347 g/mol. The molecule has 0 aliphatic rings. The van der Waals surface area contributed by atoms with Crippen LogP contribution in [0.5, 0.6) is 0 Å². The Morgan fingerprint density at radius 3 is 2.65 bits per heavy atom. The molecule has 0 unspecified atom stereocenters. The minimum absolute atomic E-state index is 0.339. The third-order valence-corrected chi connectivity index (χ3v) is 4.77. The summed E-state index contributed by atoms with van der Waals surface area (Å²) in [5.74, 6) is 0.821. The van der Waals surface area contributed by atoms with E-state index < -0.39 is 0 Å². The van der Waals surface area contributed by atoms with Gasteiger partial charge in [-0.3, -0.25) is 0 Å². The summed E-state index contributed by atoms with van der Waals surface area (Å²) in [7, 11) is 0. The summed E-state index contributed by atoms with van der Waals surface area (Å²) in [6.07, 6.45) is 0. The summed E-state index contributed by atoms with van der Waals surface area (Å²) in [6.45, 7) is 7.94. The Morgan fingerprint density at radius 2 is 1.88 bits per heavy atom. The molecule has 0 saturated carbocycles. The van der Waals surface area contributed by atoms with E-state index in [9.17, 15) is 4.79 Å². The number of fused-ring (bicyclic) bond motifs is 2. The quantitative estimate of drug-likeness (QED) is 0.553. The number of imidazole rings is 1. The van der Waals surface area contributed by atoms with Crippen LogP contribution >= 0.6 is 0 Å². The van der Waals surface area contributed by atoms with Gasteiger partial charge in [0.1, 0.15) is 11.4 Å². The third kappa shape index (κ3) is 2.65. The Labute approximate surface area is 151 Å². The lowest BCUT2D eigenvalue weighted by molar-refractivity contribution is 0.563. The molecule has 4 aromatic rings. The molecule has 4 rings (SSSR count). The average molecular weight is 347 g/mol. The molecular formula is C21H21N3O2. The first kappa shape index (κ1) is 16.4. The average Bonchev–Trinajstić information content (AvgIpc) is 3.02. The van der Waals surface area contributed by atoms with Crippen molar-refractivity contribution >= 4 is 27.7 Å². The van der Waals surface area contributed by atoms with Gasteiger partial charge in [0.05, 0.1) is 16.6 Å². The van der Waals surface area contributed by atoms with Crippen LogP contribution in [0.25, 0.3) is 33.1 Å². The zero-order valence-electron chi connectivity index (χ0n) is 15.2. The summed E-state index contributed by atoms with van der Waals surface area (Å²) in [5.41, 5.74) is 4.39. The lowest BCUT2D eigenvalue weighted by Crippen LogP contribution is -2.21. The topological polar surface area (TPSA) is 62.1 Å². The molecule has 0 aliphatic carbocycles. The fourth-order valence-corrected chi connectivity index (χ4v) is 3.45. The number of benzene rings is 2. The molecule has 2 heterocycles. The van der Waals surface area contributed by atoms with Crippen LogP contribution in [0.4, 0.5) is 5.69 Å². The smallest absolute Gasteiger partial charge is 0.344 e. The van der Waals surface area contributed by atoms with E-state index in [4.69, 9.17) is 4.42 Å². The van der Waals surface area contributed by atoms with Crippen LogP contribution in [-0.4, -0.2) is 23.1 Å². The van der Waals surface area contributed by atoms with E-state index in [1.54, 1.807) is 0 Å². The first-order valence-corrected chi connectivity index (χ1v) is 8.89. The van der Waals surface area contributed by atoms with Gasteiger partial charge in [0.15, 0.2) is 0 Å². The summed E-state index contributed by atoms with van der Waals surface area (Å²) < 4.78 is 5.67. The van der Waals surface area contributed by atoms with Crippen LogP contribution in [-0.2, 0) is 0 Å². The molecule has 0 fully saturated rings. The number of anilines is 1. The Bertz CT molecular complexity index is 1150. The van der Waals surface area contributed by atoms with Gasteiger partial charge in [-0.15, -0.1) is 0 Å². The summed E-state index contributed by atoms with van der Waals surface area (Å²) in [4.78, 5) is 22.6. The molecule has 0 aliphatic heterocycles. The number of aryl methyl sites for hydroxylation is 1. The van der Waals surface area contributed by atoms with E-state index in [-0.39, 0.29) is 5.63 Å². The highest BCUT2D eigenvalue weighted by atomic mass is 16.4. The van der Waals surface area contributed by atoms with Gasteiger partial charge in [-0.05, 0) is 45.0 Å². The third-order valence-electron chi connectivity index (χ3n) is 4.77. The van der Waals surface area contributed by atoms with Gasteiger partial charge in [0.25, 0.3) is 0 Å². The minimum Gasteiger partial charge on any atom is -0.422 e. The molecule has 0 radical (unpaired) electrons. The molecule has 0 atom stereocenters. The van der Waals surface area contributed by atoms with Crippen molar-refractivity contribution in [2.45, 2.75) is 20.8 Å². The maximum absolute atomic E-state index is 12.7. The highest BCUT2D eigenvalue weighted by Crippen LogP contribution is 2.28. The van der Waals surface area contributed by atoms with Crippen LogP contribution in [0.15, 0.2) is 51.7 Å². The molecule has 132 valence electrons. The van der Waals surface area contributed by atoms with Gasteiger partial charge in [0, 0.05) is 35.8 Å². The SMILES string of the molecule is CCN(CC)c1ccc2cc(-c3cccc4nc(C)[nH]c34)c(=O)oc2c1. The van der Waals surface area contributed by atoms with Crippen molar-refractivity contribution in [2.24, 2.45) is 0 Å². The number of H-pyrrole nitrogens is 1. The van der Waals surface area contributed by atoms with Gasteiger partial charge < -0.3 is 14.3 Å². The number of hydrogen-bond donors (Lipinski definition) is 1. The van der Waals surface area contributed by atoms with E-state index in [1.165, 1.54) is 0 Å². The molecular weight excluding hydrogens is 326 g/mol. The van der Waals surface area contributed by atoms with Crippen molar-refractivity contribution in [2.75, 3.05) is 18.0 Å². The largest absolute Gasteiger partial charge is 0.422 e. The molecule has 0 spiro atoms. The Morgan fingerprint density at radius 1 is 1.08 bits per heavy atom. The van der Waals surface area contributed by atoms with E-state index in [0.717, 1.165) is 46.6 Å². The number of nitrogens with one attached hydrogen (secondary N) is 1. The fraction of sp³-hybridized carbons (Fsp3) is 0.238. The second kappa shape index (κ2) is 6.33. The van der Waals surface area contributed by atoms with Gasteiger partial charge in [-0.1, -0.05) is 12.1 Å². The number of hydrogen-bond acceptors (Lipinski definition) is 4. The molecule has 2 aromatic carbocycles. The van der Waals surface area contributed by atoms with Crippen molar-refractivity contribution in [3.05, 3.63) is 58.7 Å². The number of nitrogens with zero attached hydrogens (tertiary/aromatic N) is 2. The molecule has 5 heteroatoms. The second-order valence-corrected chi connectivity index (χ2v) is 6.36. The van der Waals surface area contributed by atoms with Gasteiger partial charge in [-0.25, -0.2) is 9.78 Å². The van der Waals surface area contributed by atoms with Crippen molar-refractivity contribution in [1.82, 2.24) is 9.97 Å². The predicted octanol–water partition coefficient (Wildman–Crippen LogP) is 4.49. The molecule has 26 heavy (non-hydrogen) atoms. The number of aromatic amines is 1. The lowest BCUT2D eigenvalue weighted by Gasteiger charge is -2.21. The summed E-state index contributed by atoms with van der Waals surface area (Å²) >= 11 is 0. The maximum Gasteiger partial charge on any atom is 0.344 e. The molecule has 1 N–H and O–H groups in total. The maximum atomic E-state index is 12.7. The van der Waals surface area contributed by atoms with Crippen molar-refractivity contribution in [3.63, 3.8) is 0 Å². The van der Waals surface area contributed by atoms with Gasteiger partial charge in [0.2, 0.25) is 0 Å². The normalized spacial score (nSPS) is 11.3. The Kier molecular flexibility index (Phi) is 3.99. The van der Waals surface area contributed by atoms with E-state index >= 15 is 0 Å². The first-order valence-electron chi connectivity index (χ1n) is 8.89. The zero-order valence-corrected chi connectivity index (χ0v) is 15.2. The van der Waals surface area contributed by atoms with E-state index in [1.807, 2.05) is 43.3 Å². The first-order chi connectivity index (χ1) is 12.6. The summed E-state index contributed by atoms with van der Waals surface area (Å²) in [5, 5.41) is 0.906. The van der Waals surface area contributed by atoms with E-state index in [2.05, 4.69) is 34.8 Å². The van der Waals surface area contributed by atoms with Crippen molar-refractivity contribution in [1.29, 1.82) is 0 Å². The Hall–Kier alpha value is -3.08. The van der Waals surface area contributed by atoms with Gasteiger partial charge >= 0.3 is 5.63 Å². The summed E-state index contributed by atoms with van der Waals surface area (Å²) in [6, 6.07) is 13.7. The molecule has 5 nitrogen and oxygen atoms in total. The van der Waals surface area contributed by atoms with Crippen LogP contribution in [0.2, 0.25) is 0 Å². The highest BCUT2D eigenvalue weighted by Gasteiger charge is 2.14.